The van der Waals surface area contributed by atoms with Gasteiger partial charge in [-0.2, -0.15) is 0 Å². The molecule has 0 radical (unpaired) electrons. The van der Waals surface area contributed by atoms with Gasteiger partial charge < -0.3 is 4.90 Å². The first kappa shape index (κ1) is 32.2. The number of rotatable bonds is 5. The van der Waals surface area contributed by atoms with Crippen LogP contribution in [0.5, 0.6) is 0 Å². The fourth-order valence-corrected chi connectivity index (χ4v) is 9.49. The van der Waals surface area contributed by atoms with Crippen molar-refractivity contribution in [2.75, 3.05) is 4.90 Å². The van der Waals surface area contributed by atoms with Gasteiger partial charge in [0.1, 0.15) is 0 Å². The Hall–Kier alpha value is -7.22. The Morgan fingerprint density at radius 3 is 1.09 bits per heavy atom. The summed E-state index contributed by atoms with van der Waals surface area (Å²) in [5.74, 6) is 0. The highest BCUT2D eigenvalue weighted by Crippen LogP contribution is 2.62. The third kappa shape index (κ3) is 4.88. The molecule has 0 heterocycles. The van der Waals surface area contributed by atoms with Crippen molar-refractivity contribution in [2.24, 2.45) is 0 Å². The standard InChI is InChI=1S/C55H37N/c1-3-15-38(16-4-1)39-27-29-40(30-28-39)41-31-33-43(34-32-41)56(42-17-5-2-6-18-42)44-35-36-50-46-20-8-7-19-45(46)47-21-9-12-24-51(47)55(54(50)37-44)52-25-13-10-22-48(52)49-23-11-14-26-53(49)55/h1-37H. The Labute approximate surface area is 328 Å². The summed E-state index contributed by atoms with van der Waals surface area (Å²) >= 11 is 0. The molecule has 0 unspecified atom stereocenters. The number of nitrogens with zero attached hydrogens (tertiary/aromatic N) is 1. The Kier molecular flexibility index (Phi) is 7.47. The van der Waals surface area contributed by atoms with Crippen LogP contribution in [0.15, 0.2) is 224 Å². The maximum Gasteiger partial charge on any atom is 0.0726 e. The van der Waals surface area contributed by atoms with Crippen molar-refractivity contribution >= 4 is 17.1 Å². The van der Waals surface area contributed by atoms with Crippen LogP contribution in [0.4, 0.5) is 17.1 Å². The minimum atomic E-state index is -0.535. The van der Waals surface area contributed by atoms with Gasteiger partial charge in [-0.1, -0.05) is 188 Å². The first-order chi connectivity index (χ1) is 27.8. The number of anilines is 3. The Balaban J connectivity index is 1.12. The lowest BCUT2D eigenvalue weighted by molar-refractivity contribution is 0.775. The summed E-state index contributed by atoms with van der Waals surface area (Å²) < 4.78 is 0. The number of para-hydroxylation sites is 1. The van der Waals surface area contributed by atoms with Crippen molar-refractivity contribution in [1.82, 2.24) is 0 Å². The summed E-state index contributed by atoms with van der Waals surface area (Å²) in [7, 11) is 0. The van der Waals surface area contributed by atoms with Gasteiger partial charge in [-0.3, -0.25) is 0 Å². The van der Waals surface area contributed by atoms with Gasteiger partial charge in [0.05, 0.1) is 5.41 Å². The molecule has 9 aromatic rings. The zero-order valence-corrected chi connectivity index (χ0v) is 30.8. The SMILES string of the molecule is c1ccc(-c2ccc(-c3ccc(N(c4ccccc4)c4ccc5c(c4)C4(c6ccccc6-c6ccccc6-5)c5ccccc5-c5ccccc54)cc3)cc2)cc1. The lowest BCUT2D eigenvalue weighted by atomic mass is 9.66. The minimum absolute atomic E-state index is 0.535. The molecule has 1 spiro atoms. The third-order valence-electron chi connectivity index (χ3n) is 11.9. The maximum atomic E-state index is 2.48. The molecule has 0 aliphatic heterocycles. The first-order valence-electron chi connectivity index (χ1n) is 19.4. The van der Waals surface area contributed by atoms with Gasteiger partial charge in [0, 0.05) is 17.1 Å². The smallest absolute Gasteiger partial charge is 0.0726 e. The topological polar surface area (TPSA) is 3.24 Å². The highest BCUT2D eigenvalue weighted by Gasteiger charge is 2.49. The van der Waals surface area contributed by atoms with Crippen LogP contribution in [0.3, 0.4) is 0 Å². The van der Waals surface area contributed by atoms with E-state index < -0.39 is 5.41 Å². The quantitative estimate of drug-likeness (QED) is 0.172. The molecule has 262 valence electrons. The van der Waals surface area contributed by atoms with E-state index in [1.165, 1.54) is 77.9 Å². The van der Waals surface area contributed by atoms with Crippen LogP contribution < -0.4 is 4.90 Å². The lowest BCUT2D eigenvalue weighted by Gasteiger charge is -2.36. The highest BCUT2D eigenvalue weighted by atomic mass is 15.1. The largest absolute Gasteiger partial charge is 0.310 e. The molecular weight excluding hydrogens is 675 g/mol. The molecule has 1 nitrogen and oxygen atoms in total. The highest BCUT2D eigenvalue weighted by molar-refractivity contribution is 5.98. The second-order valence-corrected chi connectivity index (χ2v) is 14.8. The maximum absolute atomic E-state index is 2.48. The third-order valence-corrected chi connectivity index (χ3v) is 11.9. The summed E-state index contributed by atoms with van der Waals surface area (Å²) in [6.45, 7) is 0. The zero-order valence-electron chi connectivity index (χ0n) is 30.8. The molecule has 9 aromatic carbocycles. The molecule has 0 N–H and O–H groups in total. The normalized spacial score (nSPS) is 12.8. The van der Waals surface area contributed by atoms with Gasteiger partial charge in [0.15, 0.2) is 0 Å². The molecular formula is C55H37N. The second kappa shape index (κ2) is 13.0. The molecule has 0 bridgehead atoms. The molecule has 11 rings (SSSR count). The van der Waals surface area contributed by atoms with E-state index in [9.17, 15) is 0 Å². The fourth-order valence-electron chi connectivity index (χ4n) is 9.49. The fraction of sp³-hybridized carbons (Fsp3) is 0.0182. The number of benzene rings is 9. The van der Waals surface area contributed by atoms with Crippen molar-refractivity contribution in [3.63, 3.8) is 0 Å². The van der Waals surface area contributed by atoms with Crippen LogP contribution in [-0.2, 0) is 5.41 Å². The van der Waals surface area contributed by atoms with E-state index >= 15 is 0 Å². The van der Waals surface area contributed by atoms with E-state index in [0.29, 0.717) is 0 Å². The van der Waals surface area contributed by atoms with Crippen molar-refractivity contribution < 1.29 is 0 Å². The predicted octanol–water partition coefficient (Wildman–Crippen LogP) is 14.5. The summed E-state index contributed by atoms with van der Waals surface area (Å²) in [5, 5.41) is 0. The van der Waals surface area contributed by atoms with Crippen molar-refractivity contribution in [1.29, 1.82) is 0 Å². The average molecular weight is 712 g/mol. The van der Waals surface area contributed by atoms with Crippen molar-refractivity contribution in [2.45, 2.75) is 5.41 Å². The molecule has 0 saturated carbocycles. The molecule has 2 aliphatic carbocycles. The van der Waals surface area contributed by atoms with E-state index in [1.54, 1.807) is 0 Å². The number of hydrogen-bond donors (Lipinski definition) is 0. The van der Waals surface area contributed by atoms with Gasteiger partial charge in [0.2, 0.25) is 0 Å². The summed E-state index contributed by atoms with van der Waals surface area (Å²) in [6.07, 6.45) is 0. The van der Waals surface area contributed by atoms with E-state index in [2.05, 4.69) is 229 Å². The molecule has 1 heteroatoms. The van der Waals surface area contributed by atoms with Gasteiger partial charge in [-0.05, 0) is 114 Å². The average Bonchev–Trinajstić information content (AvgIpc) is 3.53. The predicted molar refractivity (Wildman–Crippen MR) is 234 cm³/mol. The molecule has 0 fully saturated rings. The Bertz CT molecular complexity index is 2840. The molecule has 0 saturated heterocycles. The molecule has 0 aromatic heterocycles. The van der Waals surface area contributed by atoms with Crippen molar-refractivity contribution in [3.05, 3.63) is 247 Å². The summed E-state index contributed by atoms with van der Waals surface area (Å²) in [5.41, 5.74) is 20.6. The van der Waals surface area contributed by atoms with Gasteiger partial charge in [-0.15, -0.1) is 0 Å². The van der Waals surface area contributed by atoms with E-state index in [1.807, 2.05) is 0 Å². The number of hydrogen-bond acceptors (Lipinski definition) is 1. The lowest BCUT2D eigenvalue weighted by Crippen LogP contribution is -2.29. The van der Waals surface area contributed by atoms with Gasteiger partial charge >= 0.3 is 0 Å². The summed E-state index contributed by atoms with van der Waals surface area (Å²) in [4.78, 5) is 2.41. The zero-order chi connectivity index (χ0) is 37.1. The molecule has 0 amide bonds. The van der Waals surface area contributed by atoms with E-state index in [4.69, 9.17) is 0 Å². The van der Waals surface area contributed by atoms with Crippen LogP contribution in [-0.4, -0.2) is 0 Å². The van der Waals surface area contributed by atoms with Crippen LogP contribution in [0.25, 0.3) is 55.6 Å². The van der Waals surface area contributed by atoms with Crippen molar-refractivity contribution in [3.8, 4) is 55.6 Å². The van der Waals surface area contributed by atoms with Gasteiger partial charge in [-0.25, -0.2) is 0 Å². The minimum Gasteiger partial charge on any atom is -0.310 e. The molecule has 0 atom stereocenters. The van der Waals surface area contributed by atoms with E-state index in [0.717, 1.165) is 17.1 Å². The van der Waals surface area contributed by atoms with Crippen LogP contribution in [0.2, 0.25) is 0 Å². The molecule has 2 aliphatic rings. The van der Waals surface area contributed by atoms with Gasteiger partial charge in [0.25, 0.3) is 0 Å². The number of fused-ring (bicyclic) bond motifs is 12. The first-order valence-corrected chi connectivity index (χ1v) is 19.4. The Morgan fingerprint density at radius 2 is 0.571 bits per heavy atom. The second-order valence-electron chi connectivity index (χ2n) is 14.8. The molecule has 56 heavy (non-hydrogen) atoms. The monoisotopic (exact) mass is 711 g/mol. The van der Waals surface area contributed by atoms with Crippen LogP contribution >= 0.6 is 0 Å². The van der Waals surface area contributed by atoms with E-state index in [-0.39, 0.29) is 0 Å². The summed E-state index contributed by atoms with van der Waals surface area (Å²) in [6, 6.07) is 82.6. The van der Waals surface area contributed by atoms with Crippen LogP contribution in [0.1, 0.15) is 22.3 Å². The Morgan fingerprint density at radius 1 is 0.232 bits per heavy atom. The van der Waals surface area contributed by atoms with Crippen LogP contribution in [0, 0.1) is 0 Å².